The summed E-state index contributed by atoms with van der Waals surface area (Å²) in [5.74, 6) is -2.02. The van der Waals surface area contributed by atoms with Gasteiger partial charge in [0.1, 0.15) is 0 Å². The van der Waals surface area contributed by atoms with Crippen molar-refractivity contribution in [3.63, 3.8) is 0 Å². The molecule has 0 unspecified atom stereocenters. The highest BCUT2D eigenvalue weighted by atomic mass is 32.2. The topological polar surface area (TPSA) is 130 Å². The summed E-state index contributed by atoms with van der Waals surface area (Å²) in [6, 6.07) is 0. The number of nitrogens with one attached hydrogen (secondary N) is 2. The zero-order chi connectivity index (χ0) is 39.4. The lowest BCUT2D eigenvalue weighted by atomic mass is 10.0. The molecule has 0 aliphatic rings. The van der Waals surface area contributed by atoms with Crippen LogP contribution in [-0.4, -0.2) is 45.1 Å². The molecule has 0 fully saturated rings. The Kier molecular flexibility index (Phi) is 35.2. The standard InChI is InChI=1S/C43H88N2O6S2/c1-4-6-8-10-12-14-16-18-20-22-24-26-28-30-32-34-36-38-40-52(48,49)44-43(3,42(46)47)45-53(50,51)41-39-37-35-33-31-29-27-25-23-21-19-17-15-13-11-9-7-5-2/h44-45H,4-41H2,1-3H3,(H,46,47). The molecule has 0 aromatic heterocycles. The fourth-order valence-corrected chi connectivity index (χ4v) is 10.2. The van der Waals surface area contributed by atoms with E-state index in [-0.39, 0.29) is 11.5 Å². The number of aliphatic carboxylic acids is 1. The lowest BCUT2D eigenvalue weighted by molar-refractivity contribution is -0.143. The van der Waals surface area contributed by atoms with Gasteiger partial charge in [0.15, 0.2) is 5.66 Å². The molecule has 318 valence electrons. The molecule has 0 radical (unpaired) electrons. The van der Waals surface area contributed by atoms with Crippen molar-refractivity contribution in [1.29, 1.82) is 0 Å². The molecular formula is C43H88N2O6S2. The van der Waals surface area contributed by atoms with Crippen molar-refractivity contribution >= 4 is 26.0 Å². The Morgan fingerprint density at radius 1 is 0.377 bits per heavy atom. The minimum absolute atomic E-state index is 0.227. The molecule has 0 amide bonds. The second kappa shape index (κ2) is 35.7. The third-order valence-electron chi connectivity index (χ3n) is 10.7. The summed E-state index contributed by atoms with van der Waals surface area (Å²) in [5.41, 5.74) is -2.32. The van der Waals surface area contributed by atoms with E-state index in [0.717, 1.165) is 58.3 Å². The van der Waals surface area contributed by atoms with Gasteiger partial charge in [0.05, 0.1) is 11.5 Å². The van der Waals surface area contributed by atoms with Gasteiger partial charge in [0, 0.05) is 0 Å². The first-order chi connectivity index (χ1) is 25.5. The molecule has 0 aromatic rings. The average Bonchev–Trinajstić information content (AvgIpc) is 3.10. The van der Waals surface area contributed by atoms with Crippen molar-refractivity contribution in [2.24, 2.45) is 0 Å². The second-order valence-electron chi connectivity index (χ2n) is 16.3. The number of hydrogen-bond donors (Lipinski definition) is 3. The van der Waals surface area contributed by atoms with Gasteiger partial charge in [-0.05, 0) is 19.8 Å². The monoisotopic (exact) mass is 793 g/mol. The van der Waals surface area contributed by atoms with Gasteiger partial charge in [-0.2, -0.15) is 9.44 Å². The Morgan fingerprint density at radius 3 is 0.717 bits per heavy atom. The van der Waals surface area contributed by atoms with Gasteiger partial charge >= 0.3 is 5.97 Å². The van der Waals surface area contributed by atoms with Crippen molar-refractivity contribution in [3.8, 4) is 0 Å². The predicted molar refractivity (Wildman–Crippen MR) is 227 cm³/mol. The summed E-state index contributed by atoms with van der Waals surface area (Å²) >= 11 is 0. The van der Waals surface area contributed by atoms with E-state index in [1.54, 1.807) is 0 Å². The SMILES string of the molecule is CCCCCCCCCCCCCCCCCCCCS(=O)(=O)NC(C)(NS(=O)(=O)CCCCCCCCCCCCCCCCCCCC)C(=O)O. The highest BCUT2D eigenvalue weighted by molar-refractivity contribution is 7.90. The Hall–Kier alpha value is -0.710. The predicted octanol–water partition coefficient (Wildman–Crippen LogP) is 12.7. The number of carboxylic acids is 1. The van der Waals surface area contributed by atoms with Gasteiger partial charge in [-0.25, -0.2) is 21.6 Å². The minimum atomic E-state index is -3.99. The van der Waals surface area contributed by atoms with Crippen LogP contribution >= 0.6 is 0 Å². The first-order valence-electron chi connectivity index (χ1n) is 22.7. The maximum atomic E-state index is 12.7. The molecule has 0 spiro atoms. The second-order valence-corrected chi connectivity index (χ2v) is 20.0. The van der Waals surface area contributed by atoms with E-state index < -0.39 is 31.7 Å². The van der Waals surface area contributed by atoms with E-state index in [4.69, 9.17) is 0 Å². The Balaban J connectivity index is 3.94. The summed E-state index contributed by atoms with van der Waals surface area (Å²) in [6.07, 6.45) is 43.5. The fourth-order valence-electron chi connectivity index (χ4n) is 7.22. The van der Waals surface area contributed by atoms with Crippen LogP contribution in [0.2, 0.25) is 0 Å². The lowest BCUT2D eigenvalue weighted by Gasteiger charge is -2.27. The number of carboxylic acid groups (broad SMARTS) is 1. The summed E-state index contributed by atoms with van der Waals surface area (Å²) in [4.78, 5) is 12.0. The first kappa shape index (κ1) is 52.3. The summed E-state index contributed by atoms with van der Waals surface area (Å²) in [5, 5.41) is 9.76. The van der Waals surface area contributed by atoms with Gasteiger partial charge in [-0.15, -0.1) is 0 Å². The van der Waals surface area contributed by atoms with Crippen LogP contribution in [0, 0.1) is 0 Å². The minimum Gasteiger partial charge on any atom is -0.479 e. The molecule has 3 N–H and O–H groups in total. The van der Waals surface area contributed by atoms with Gasteiger partial charge in [-0.3, -0.25) is 0 Å². The molecule has 8 nitrogen and oxygen atoms in total. The van der Waals surface area contributed by atoms with E-state index in [1.165, 1.54) is 167 Å². The fraction of sp³-hybridized carbons (Fsp3) is 0.977. The molecule has 0 atom stereocenters. The summed E-state index contributed by atoms with van der Waals surface area (Å²) in [6.45, 7) is 5.59. The number of unbranched alkanes of at least 4 members (excludes halogenated alkanes) is 34. The van der Waals surface area contributed by atoms with Crippen molar-refractivity contribution in [2.75, 3.05) is 11.5 Å². The Morgan fingerprint density at radius 2 is 0.547 bits per heavy atom. The normalized spacial score (nSPS) is 12.5. The quantitative estimate of drug-likeness (QED) is 0.0416. The van der Waals surface area contributed by atoms with Crippen LogP contribution in [0.4, 0.5) is 0 Å². The van der Waals surface area contributed by atoms with E-state index in [2.05, 4.69) is 23.3 Å². The number of carbonyl (C=O) groups is 1. The zero-order valence-corrected chi connectivity index (χ0v) is 36.8. The average molecular weight is 793 g/mol. The van der Waals surface area contributed by atoms with Crippen LogP contribution in [0.15, 0.2) is 0 Å². The van der Waals surface area contributed by atoms with E-state index in [1.807, 2.05) is 0 Å². The highest BCUT2D eigenvalue weighted by Gasteiger charge is 2.40. The van der Waals surface area contributed by atoms with Gasteiger partial charge in [0.25, 0.3) is 0 Å². The largest absolute Gasteiger partial charge is 0.479 e. The first-order valence-corrected chi connectivity index (χ1v) is 26.0. The van der Waals surface area contributed by atoms with Crippen LogP contribution in [0.1, 0.15) is 252 Å². The molecule has 0 aliphatic heterocycles. The van der Waals surface area contributed by atoms with Crippen LogP contribution in [0.25, 0.3) is 0 Å². The number of sulfonamides is 2. The maximum Gasteiger partial charge on any atom is 0.340 e. The molecule has 53 heavy (non-hydrogen) atoms. The highest BCUT2D eigenvalue weighted by Crippen LogP contribution is 2.17. The molecule has 0 rings (SSSR count). The van der Waals surface area contributed by atoms with Crippen molar-refractivity contribution in [1.82, 2.24) is 9.44 Å². The number of hydrogen-bond acceptors (Lipinski definition) is 5. The van der Waals surface area contributed by atoms with Crippen LogP contribution < -0.4 is 9.44 Å². The van der Waals surface area contributed by atoms with Crippen LogP contribution in [0.5, 0.6) is 0 Å². The molecule has 0 aromatic carbocycles. The van der Waals surface area contributed by atoms with Gasteiger partial charge in [0.2, 0.25) is 20.0 Å². The van der Waals surface area contributed by atoms with Crippen LogP contribution in [0.3, 0.4) is 0 Å². The van der Waals surface area contributed by atoms with Crippen molar-refractivity contribution in [3.05, 3.63) is 0 Å². The van der Waals surface area contributed by atoms with Crippen molar-refractivity contribution < 1.29 is 26.7 Å². The molecule has 0 saturated carbocycles. The molecule has 0 heterocycles. The van der Waals surface area contributed by atoms with Crippen molar-refractivity contribution in [2.45, 2.75) is 258 Å². The smallest absolute Gasteiger partial charge is 0.340 e. The third kappa shape index (κ3) is 35.4. The molecule has 0 bridgehead atoms. The third-order valence-corrected chi connectivity index (χ3v) is 13.8. The van der Waals surface area contributed by atoms with Crippen LogP contribution in [-0.2, 0) is 24.8 Å². The Labute approximate surface area is 330 Å². The van der Waals surface area contributed by atoms with Gasteiger partial charge < -0.3 is 5.11 Å². The summed E-state index contributed by atoms with van der Waals surface area (Å²) < 4.78 is 55.2. The maximum absolute atomic E-state index is 12.7. The molecule has 0 aliphatic carbocycles. The summed E-state index contributed by atoms with van der Waals surface area (Å²) in [7, 11) is -7.98. The molecule has 10 heteroatoms. The van der Waals surface area contributed by atoms with Gasteiger partial charge in [-0.1, -0.05) is 232 Å². The lowest BCUT2D eigenvalue weighted by Crippen LogP contribution is -2.63. The molecular weight excluding hydrogens is 705 g/mol. The van der Waals surface area contributed by atoms with E-state index in [9.17, 15) is 26.7 Å². The zero-order valence-electron chi connectivity index (χ0n) is 35.2. The molecule has 0 saturated heterocycles. The number of rotatable bonds is 43. The van der Waals surface area contributed by atoms with E-state index in [0.29, 0.717) is 12.8 Å². The van der Waals surface area contributed by atoms with E-state index >= 15 is 0 Å². The Bertz CT molecular complexity index is 963.